The molecule has 0 aromatic heterocycles. The number of hydrogen-bond donors (Lipinski definition) is 2. The fraction of sp³-hybridized carbons (Fsp3) is 0.650. The van der Waals surface area contributed by atoms with Crippen LogP contribution in [0.3, 0.4) is 0 Å². The van der Waals surface area contributed by atoms with E-state index in [0.29, 0.717) is 25.5 Å². The minimum absolute atomic E-state index is 0.135. The molecule has 0 aliphatic carbocycles. The van der Waals surface area contributed by atoms with Crippen LogP contribution in [0.5, 0.6) is 5.75 Å². The predicted molar refractivity (Wildman–Crippen MR) is 101 cm³/mol. The summed E-state index contributed by atoms with van der Waals surface area (Å²) in [5.41, 5.74) is 1.07. The van der Waals surface area contributed by atoms with Crippen molar-refractivity contribution in [1.29, 1.82) is 0 Å². The van der Waals surface area contributed by atoms with Crippen molar-refractivity contribution in [2.75, 3.05) is 52.5 Å². The van der Waals surface area contributed by atoms with Gasteiger partial charge in [-0.2, -0.15) is 0 Å². The van der Waals surface area contributed by atoms with Gasteiger partial charge in [-0.25, -0.2) is 0 Å². The zero-order valence-corrected chi connectivity index (χ0v) is 15.5. The number of morpholine rings is 1. The second kappa shape index (κ2) is 10.5. The normalized spacial score (nSPS) is 20.8. The molecule has 2 saturated heterocycles. The van der Waals surface area contributed by atoms with Gasteiger partial charge in [0.05, 0.1) is 13.2 Å². The Labute approximate surface area is 156 Å². The van der Waals surface area contributed by atoms with Crippen LogP contribution in [-0.4, -0.2) is 63.4 Å². The van der Waals surface area contributed by atoms with Crippen molar-refractivity contribution in [1.82, 2.24) is 15.5 Å². The molecular formula is C20H31N3O3. The number of nitrogens with zero attached hydrogens (tertiary/aromatic N) is 1. The largest absolute Gasteiger partial charge is 0.492 e. The lowest BCUT2D eigenvalue weighted by atomic mass is 10.0. The Morgan fingerprint density at radius 2 is 2.23 bits per heavy atom. The molecule has 0 bridgehead atoms. The summed E-state index contributed by atoms with van der Waals surface area (Å²) in [7, 11) is 0. The zero-order valence-electron chi connectivity index (χ0n) is 15.5. The smallest absolute Gasteiger partial charge is 0.220 e. The summed E-state index contributed by atoms with van der Waals surface area (Å²) in [4.78, 5) is 14.4. The Morgan fingerprint density at radius 1 is 1.35 bits per heavy atom. The summed E-state index contributed by atoms with van der Waals surface area (Å²) in [6.07, 6.45) is 2.78. The lowest BCUT2D eigenvalue weighted by molar-refractivity contribution is -0.121. The Morgan fingerprint density at radius 3 is 3.04 bits per heavy atom. The van der Waals surface area contributed by atoms with Crippen molar-refractivity contribution < 1.29 is 14.3 Å². The summed E-state index contributed by atoms with van der Waals surface area (Å²) in [6.45, 7) is 7.87. The van der Waals surface area contributed by atoms with E-state index in [0.717, 1.165) is 63.7 Å². The number of benzene rings is 1. The number of carbonyl (C=O) groups is 1. The highest BCUT2D eigenvalue weighted by Gasteiger charge is 2.15. The fourth-order valence-electron chi connectivity index (χ4n) is 3.45. The van der Waals surface area contributed by atoms with E-state index >= 15 is 0 Å². The van der Waals surface area contributed by atoms with Crippen LogP contribution in [0.25, 0.3) is 0 Å². The highest BCUT2D eigenvalue weighted by Crippen LogP contribution is 2.15. The average Bonchev–Trinajstić information content (AvgIpc) is 3.20. The van der Waals surface area contributed by atoms with Gasteiger partial charge in [-0.1, -0.05) is 12.1 Å². The highest BCUT2D eigenvalue weighted by molar-refractivity contribution is 5.75. The standard InChI is InChI=1S/C20H31N3O3/c24-20(5-4-17-6-7-21-15-17)22-16-18-2-1-3-19(14-18)26-13-10-23-8-11-25-12-9-23/h1-3,14,17,21H,4-13,15-16H2,(H,22,24). The van der Waals surface area contributed by atoms with Gasteiger partial charge in [-0.05, 0) is 49.5 Å². The first kappa shape index (κ1) is 19.1. The first-order chi connectivity index (χ1) is 12.8. The van der Waals surface area contributed by atoms with Crippen molar-refractivity contribution in [3.05, 3.63) is 29.8 Å². The van der Waals surface area contributed by atoms with E-state index < -0.39 is 0 Å². The number of ether oxygens (including phenoxy) is 2. The van der Waals surface area contributed by atoms with Gasteiger partial charge in [0.15, 0.2) is 0 Å². The van der Waals surface area contributed by atoms with E-state index in [2.05, 4.69) is 15.5 Å². The minimum atomic E-state index is 0.135. The molecule has 2 N–H and O–H groups in total. The lowest BCUT2D eigenvalue weighted by Gasteiger charge is -2.26. The molecule has 6 heteroatoms. The molecule has 0 radical (unpaired) electrons. The molecule has 1 unspecified atom stereocenters. The summed E-state index contributed by atoms with van der Waals surface area (Å²) < 4.78 is 11.2. The quantitative estimate of drug-likeness (QED) is 0.696. The molecule has 2 aliphatic rings. The first-order valence-electron chi connectivity index (χ1n) is 9.79. The third kappa shape index (κ3) is 6.59. The Hall–Kier alpha value is -1.63. The van der Waals surface area contributed by atoms with Crippen molar-refractivity contribution in [3.63, 3.8) is 0 Å². The molecule has 0 saturated carbocycles. The van der Waals surface area contributed by atoms with Gasteiger partial charge in [-0.15, -0.1) is 0 Å². The Bertz CT molecular complexity index is 555. The van der Waals surface area contributed by atoms with Gasteiger partial charge in [-0.3, -0.25) is 9.69 Å². The molecule has 1 atom stereocenters. The van der Waals surface area contributed by atoms with Crippen LogP contribution in [0.4, 0.5) is 0 Å². The molecule has 2 fully saturated rings. The van der Waals surface area contributed by atoms with Crippen LogP contribution in [0.1, 0.15) is 24.8 Å². The van der Waals surface area contributed by atoms with Crippen molar-refractivity contribution in [2.24, 2.45) is 5.92 Å². The zero-order chi connectivity index (χ0) is 18.0. The summed E-state index contributed by atoms with van der Waals surface area (Å²) in [6, 6.07) is 7.99. The van der Waals surface area contributed by atoms with E-state index in [1.165, 1.54) is 6.42 Å². The number of rotatable bonds is 9. The van der Waals surface area contributed by atoms with E-state index in [9.17, 15) is 4.79 Å². The van der Waals surface area contributed by atoms with E-state index in [4.69, 9.17) is 9.47 Å². The van der Waals surface area contributed by atoms with Gasteiger partial charge in [0, 0.05) is 32.6 Å². The van der Waals surface area contributed by atoms with E-state index in [1.54, 1.807) is 0 Å². The summed E-state index contributed by atoms with van der Waals surface area (Å²) >= 11 is 0. The maximum absolute atomic E-state index is 12.0. The molecular weight excluding hydrogens is 330 g/mol. The van der Waals surface area contributed by atoms with Crippen LogP contribution >= 0.6 is 0 Å². The van der Waals surface area contributed by atoms with E-state index in [1.807, 2.05) is 24.3 Å². The van der Waals surface area contributed by atoms with Crippen molar-refractivity contribution >= 4 is 5.91 Å². The first-order valence-corrected chi connectivity index (χ1v) is 9.79. The van der Waals surface area contributed by atoms with Crippen molar-refractivity contribution in [2.45, 2.75) is 25.8 Å². The van der Waals surface area contributed by atoms with E-state index in [-0.39, 0.29) is 5.91 Å². The number of amides is 1. The van der Waals surface area contributed by atoms with Gasteiger partial charge >= 0.3 is 0 Å². The number of carbonyl (C=O) groups excluding carboxylic acids is 1. The Balaban J connectivity index is 1.34. The second-order valence-corrected chi connectivity index (χ2v) is 7.12. The number of hydrogen-bond acceptors (Lipinski definition) is 5. The monoisotopic (exact) mass is 361 g/mol. The Kier molecular flexibility index (Phi) is 7.73. The molecule has 3 rings (SSSR count). The SMILES string of the molecule is O=C(CCC1CCNC1)NCc1cccc(OCCN2CCOCC2)c1. The molecule has 1 aromatic carbocycles. The third-order valence-electron chi connectivity index (χ3n) is 5.11. The maximum Gasteiger partial charge on any atom is 0.220 e. The highest BCUT2D eigenvalue weighted by atomic mass is 16.5. The summed E-state index contributed by atoms with van der Waals surface area (Å²) in [5, 5.41) is 6.36. The van der Waals surface area contributed by atoms with Gasteiger partial charge in [0.1, 0.15) is 12.4 Å². The second-order valence-electron chi connectivity index (χ2n) is 7.12. The molecule has 6 nitrogen and oxygen atoms in total. The lowest BCUT2D eigenvalue weighted by Crippen LogP contribution is -2.38. The predicted octanol–water partition coefficient (Wildman–Crippen LogP) is 1.40. The van der Waals surface area contributed by atoms with Crippen LogP contribution in [0.15, 0.2) is 24.3 Å². The molecule has 2 aliphatic heterocycles. The molecule has 0 spiro atoms. The third-order valence-corrected chi connectivity index (χ3v) is 5.11. The van der Waals surface area contributed by atoms with Crippen LogP contribution < -0.4 is 15.4 Å². The van der Waals surface area contributed by atoms with Gasteiger partial charge in [0.25, 0.3) is 0 Å². The molecule has 1 amide bonds. The molecule has 2 heterocycles. The van der Waals surface area contributed by atoms with Gasteiger partial charge in [0.2, 0.25) is 5.91 Å². The minimum Gasteiger partial charge on any atom is -0.492 e. The topological polar surface area (TPSA) is 62.8 Å². The van der Waals surface area contributed by atoms with Crippen LogP contribution in [0.2, 0.25) is 0 Å². The molecule has 26 heavy (non-hydrogen) atoms. The molecule has 1 aromatic rings. The average molecular weight is 361 g/mol. The maximum atomic E-state index is 12.0. The number of nitrogens with one attached hydrogen (secondary N) is 2. The molecule has 144 valence electrons. The van der Waals surface area contributed by atoms with Gasteiger partial charge < -0.3 is 20.1 Å². The fourth-order valence-corrected chi connectivity index (χ4v) is 3.45. The van der Waals surface area contributed by atoms with Crippen molar-refractivity contribution in [3.8, 4) is 5.75 Å². The summed E-state index contributed by atoms with van der Waals surface area (Å²) in [5.74, 6) is 1.65. The van der Waals surface area contributed by atoms with Crippen LogP contribution in [0, 0.1) is 5.92 Å². The van der Waals surface area contributed by atoms with Crippen LogP contribution in [-0.2, 0) is 16.1 Å².